The molecule has 1 aliphatic heterocycles. The summed E-state index contributed by atoms with van der Waals surface area (Å²) in [7, 11) is 0. The van der Waals surface area contributed by atoms with Crippen molar-refractivity contribution in [2.45, 2.75) is 25.9 Å². The molecule has 1 amide bonds. The Morgan fingerprint density at radius 1 is 1.22 bits per heavy atom. The first-order valence-corrected chi connectivity index (χ1v) is 9.59. The molecule has 4 rings (SSSR count). The number of alkyl halides is 1. The second kappa shape index (κ2) is 8.44. The third-order valence-corrected chi connectivity index (χ3v) is 4.96. The minimum absolute atomic E-state index is 0.0100. The van der Waals surface area contributed by atoms with E-state index in [0.29, 0.717) is 5.69 Å². The van der Waals surface area contributed by atoms with Crippen molar-refractivity contribution in [1.82, 2.24) is 19.5 Å². The Balaban J connectivity index is 1.60. The van der Waals surface area contributed by atoms with Crippen LogP contribution in [0.4, 0.5) is 34.1 Å². The molecule has 0 radical (unpaired) electrons. The maximum Gasteiger partial charge on any atom is 0.416 e. The summed E-state index contributed by atoms with van der Waals surface area (Å²) in [5.74, 6) is -2.98. The molecule has 1 aliphatic rings. The Labute approximate surface area is 179 Å². The van der Waals surface area contributed by atoms with Gasteiger partial charge in [-0.25, -0.2) is 37.2 Å². The van der Waals surface area contributed by atoms with Gasteiger partial charge in [-0.3, -0.25) is 0 Å². The van der Waals surface area contributed by atoms with Crippen molar-refractivity contribution >= 4 is 17.9 Å². The average molecular weight is 450 g/mol. The summed E-state index contributed by atoms with van der Waals surface area (Å²) >= 11 is 0. The van der Waals surface area contributed by atoms with Crippen molar-refractivity contribution < 1.29 is 27.1 Å². The first kappa shape index (κ1) is 21.5. The normalized spacial score (nSPS) is 16.9. The number of hydrogen-bond acceptors (Lipinski definition) is 6. The second-order valence-corrected chi connectivity index (χ2v) is 7.23. The molecule has 32 heavy (non-hydrogen) atoms. The van der Waals surface area contributed by atoms with Gasteiger partial charge in [-0.2, -0.15) is 4.98 Å². The molecule has 3 heterocycles. The molecule has 1 fully saturated rings. The van der Waals surface area contributed by atoms with Gasteiger partial charge in [-0.05, 0) is 19.9 Å². The Kier molecular flexibility index (Phi) is 5.68. The highest BCUT2D eigenvalue weighted by atomic mass is 19.1. The molecule has 8 nitrogen and oxygen atoms in total. The molecule has 2 aromatic heterocycles. The number of benzene rings is 1. The SMILES string of the molecule is Cc1cn(-c2cc(F)c([C@H](C)Nc3ncc(F)c(N4C(=O)OC[C@@H]4CF)n3)cc2F)cn1. The maximum absolute atomic E-state index is 14.8. The molecule has 0 saturated carbocycles. The van der Waals surface area contributed by atoms with E-state index in [-0.39, 0.29) is 23.8 Å². The molecule has 0 unspecified atom stereocenters. The fraction of sp³-hybridized carbons (Fsp3) is 0.300. The molecule has 12 heteroatoms. The lowest BCUT2D eigenvalue weighted by molar-refractivity contribution is 0.177. The Bertz CT molecular complexity index is 1170. The van der Waals surface area contributed by atoms with Crippen LogP contribution >= 0.6 is 0 Å². The summed E-state index contributed by atoms with van der Waals surface area (Å²) in [4.78, 5) is 24.3. The molecular weight excluding hydrogens is 432 g/mol. The number of aromatic nitrogens is 4. The maximum atomic E-state index is 14.8. The van der Waals surface area contributed by atoms with Crippen molar-refractivity contribution in [1.29, 1.82) is 0 Å². The molecule has 0 aliphatic carbocycles. The van der Waals surface area contributed by atoms with E-state index in [4.69, 9.17) is 4.74 Å². The number of hydrogen-bond donors (Lipinski definition) is 1. The molecule has 1 N–H and O–H groups in total. The zero-order chi connectivity index (χ0) is 23.0. The number of imidazole rings is 1. The second-order valence-electron chi connectivity index (χ2n) is 7.23. The van der Waals surface area contributed by atoms with Gasteiger partial charge in [0.25, 0.3) is 0 Å². The number of amides is 1. The number of anilines is 2. The van der Waals surface area contributed by atoms with Crippen molar-refractivity contribution in [3.63, 3.8) is 0 Å². The lowest BCUT2D eigenvalue weighted by Crippen LogP contribution is -2.36. The standard InChI is InChI=1S/C20H18F4N6O2/c1-10-7-29(9-26-10)17-4-14(22)13(3-15(17)23)11(2)27-19-25-6-16(24)18(28-19)30-12(5-21)8-32-20(30)31/h3-4,6-7,9,11-12H,5,8H2,1-2H3,(H,25,27,28)/t11-,12-/m0/s1. The number of rotatable bonds is 6. The molecule has 1 aromatic carbocycles. The highest BCUT2D eigenvalue weighted by Gasteiger charge is 2.37. The van der Waals surface area contributed by atoms with Gasteiger partial charge in [0.15, 0.2) is 11.6 Å². The van der Waals surface area contributed by atoms with Gasteiger partial charge in [0.1, 0.15) is 31.0 Å². The molecule has 0 bridgehead atoms. The van der Waals surface area contributed by atoms with E-state index in [2.05, 4.69) is 20.3 Å². The van der Waals surface area contributed by atoms with Gasteiger partial charge in [-0.15, -0.1) is 0 Å². The Hall–Kier alpha value is -3.70. The first-order chi connectivity index (χ1) is 15.3. The number of nitrogens with zero attached hydrogens (tertiary/aromatic N) is 5. The summed E-state index contributed by atoms with van der Waals surface area (Å²) in [6, 6.07) is 0.207. The largest absolute Gasteiger partial charge is 0.447 e. The van der Waals surface area contributed by atoms with Gasteiger partial charge in [0.05, 0.1) is 29.9 Å². The average Bonchev–Trinajstić information content (AvgIpc) is 3.36. The molecule has 2 atom stereocenters. The van der Waals surface area contributed by atoms with E-state index in [9.17, 15) is 22.4 Å². The summed E-state index contributed by atoms with van der Waals surface area (Å²) < 4.78 is 62.9. The quantitative estimate of drug-likeness (QED) is 0.575. The van der Waals surface area contributed by atoms with Crippen LogP contribution in [-0.4, -0.2) is 44.9 Å². The molecular formula is C20H18F4N6O2. The lowest BCUT2D eigenvalue weighted by Gasteiger charge is -2.20. The van der Waals surface area contributed by atoms with Crippen molar-refractivity contribution in [2.24, 2.45) is 0 Å². The summed E-state index contributed by atoms with van der Waals surface area (Å²) in [6.45, 7) is 2.05. The monoisotopic (exact) mass is 450 g/mol. The van der Waals surface area contributed by atoms with Gasteiger partial charge in [-0.1, -0.05) is 0 Å². The van der Waals surface area contributed by atoms with E-state index in [1.807, 2.05) is 0 Å². The Morgan fingerprint density at radius 2 is 2.00 bits per heavy atom. The van der Waals surface area contributed by atoms with Crippen LogP contribution in [0.1, 0.15) is 24.2 Å². The number of carbonyl (C=O) groups excluding carboxylic acids is 1. The first-order valence-electron chi connectivity index (χ1n) is 9.59. The van der Waals surface area contributed by atoms with Gasteiger partial charge < -0.3 is 14.6 Å². The Morgan fingerprint density at radius 3 is 2.69 bits per heavy atom. The number of cyclic esters (lactones) is 1. The van der Waals surface area contributed by atoms with E-state index in [0.717, 1.165) is 23.2 Å². The number of nitrogens with one attached hydrogen (secondary N) is 1. The predicted octanol–water partition coefficient (Wildman–Crippen LogP) is 3.86. The van der Waals surface area contributed by atoms with Crippen molar-refractivity contribution in [2.75, 3.05) is 23.5 Å². The number of carbonyl (C=O) groups is 1. The molecule has 0 spiro atoms. The fourth-order valence-corrected chi connectivity index (χ4v) is 3.34. The smallest absolute Gasteiger partial charge is 0.416 e. The fourth-order valence-electron chi connectivity index (χ4n) is 3.34. The van der Waals surface area contributed by atoms with Crippen LogP contribution in [0.15, 0.2) is 30.9 Å². The van der Waals surface area contributed by atoms with E-state index < -0.39 is 48.1 Å². The highest BCUT2D eigenvalue weighted by molar-refractivity contribution is 5.89. The van der Waals surface area contributed by atoms with Crippen molar-refractivity contribution in [3.8, 4) is 5.69 Å². The zero-order valence-electron chi connectivity index (χ0n) is 17.0. The minimum Gasteiger partial charge on any atom is -0.447 e. The minimum atomic E-state index is -1.02. The van der Waals surface area contributed by atoms with Crippen LogP contribution < -0.4 is 10.2 Å². The van der Waals surface area contributed by atoms with Crippen LogP contribution in [0.2, 0.25) is 0 Å². The highest BCUT2D eigenvalue weighted by Crippen LogP contribution is 2.28. The summed E-state index contributed by atoms with van der Waals surface area (Å²) in [5, 5.41) is 2.74. The van der Waals surface area contributed by atoms with E-state index in [1.54, 1.807) is 13.1 Å². The molecule has 168 valence electrons. The van der Waals surface area contributed by atoms with Gasteiger partial charge >= 0.3 is 6.09 Å². The third kappa shape index (κ3) is 3.95. The lowest BCUT2D eigenvalue weighted by atomic mass is 10.1. The third-order valence-electron chi connectivity index (χ3n) is 4.96. The van der Waals surface area contributed by atoms with E-state index in [1.165, 1.54) is 17.8 Å². The van der Waals surface area contributed by atoms with Crippen LogP contribution in [0.3, 0.4) is 0 Å². The summed E-state index contributed by atoms with van der Waals surface area (Å²) in [5.41, 5.74) is 0.606. The van der Waals surface area contributed by atoms with Gasteiger partial charge in [0, 0.05) is 17.8 Å². The summed E-state index contributed by atoms with van der Waals surface area (Å²) in [6.07, 6.45) is 2.78. The van der Waals surface area contributed by atoms with E-state index >= 15 is 0 Å². The van der Waals surface area contributed by atoms with Crippen molar-refractivity contribution in [3.05, 3.63) is 59.6 Å². The van der Waals surface area contributed by atoms with Crippen LogP contribution in [0, 0.1) is 24.4 Å². The number of halogens is 4. The molecule has 1 saturated heterocycles. The van der Waals surface area contributed by atoms with Crippen LogP contribution in [0.25, 0.3) is 5.69 Å². The number of aryl methyl sites for hydroxylation is 1. The number of ether oxygens (including phenoxy) is 1. The van der Waals surface area contributed by atoms with Crippen LogP contribution in [0.5, 0.6) is 0 Å². The van der Waals surface area contributed by atoms with Gasteiger partial charge in [0.2, 0.25) is 5.95 Å². The van der Waals surface area contributed by atoms with Crippen LogP contribution in [-0.2, 0) is 4.74 Å². The molecule has 3 aromatic rings. The topological polar surface area (TPSA) is 85.2 Å². The zero-order valence-corrected chi connectivity index (χ0v) is 17.0. The predicted molar refractivity (Wildman–Crippen MR) is 106 cm³/mol.